The topological polar surface area (TPSA) is 76.4 Å². The smallest absolute Gasteiger partial charge is 0.191 e. The van der Waals surface area contributed by atoms with Crippen LogP contribution in [0.1, 0.15) is 38.3 Å². The van der Waals surface area contributed by atoms with Crippen molar-refractivity contribution in [2.75, 3.05) is 38.3 Å². The molecule has 0 fully saturated rings. The molecule has 0 aliphatic rings. The molecule has 0 saturated heterocycles. The van der Waals surface area contributed by atoms with Gasteiger partial charge in [-0.1, -0.05) is 13.8 Å². The molecular formula is C17H35IN6OS. The Balaban J connectivity index is 0.00000625. The molecule has 1 heterocycles. The zero-order chi connectivity index (χ0) is 18.5. The van der Waals surface area contributed by atoms with E-state index in [2.05, 4.69) is 45.9 Å². The van der Waals surface area contributed by atoms with Crippen molar-refractivity contribution in [1.29, 1.82) is 0 Å². The first-order valence-electron chi connectivity index (χ1n) is 8.98. The molecule has 1 aromatic heterocycles. The van der Waals surface area contributed by atoms with E-state index in [9.17, 15) is 0 Å². The van der Waals surface area contributed by atoms with Crippen LogP contribution < -0.4 is 10.6 Å². The Morgan fingerprint density at radius 3 is 2.50 bits per heavy atom. The van der Waals surface area contributed by atoms with Crippen LogP contribution in [0.15, 0.2) is 4.99 Å². The van der Waals surface area contributed by atoms with Crippen molar-refractivity contribution in [2.24, 2.45) is 18.0 Å². The van der Waals surface area contributed by atoms with Gasteiger partial charge < -0.3 is 19.9 Å². The van der Waals surface area contributed by atoms with Gasteiger partial charge >= 0.3 is 0 Å². The van der Waals surface area contributed by atoms with Gasteiger partial charge in [-0.05, 0) is 37.7 Å². The van der Waals surface area contributed by atoms with Crippen LogP contribution >= 0.6 is 35.7 Å². The Kier molecular flexibility index (Phi) is 15.2. The Hall–Kier alpha value is -0.550. The maximum atomic E-state index is 5.61. The second-order valence-corrected chi connectivity index (χ2v) is 7.40. The minimum atomic E-state index is 0. The maximum Gasteiger partial charge on any atom is 0.191 e. The highest BCUT2D eigenvalue weighted by Gasteiger charge is 2.05. The third kappa shape index (κ3) is 11.2. The number of halogens is 1. The molecule has 0 aromatic carbocycles. The van der Waals surface area contributed by atoms with E-state index >= 15 is 0 Å². The summed E-state index contributed by atoms with van der Waals surface area (Å²) in [5.41, 5.74) is 0. The van der Waals surface area contributed by atoms with E-state index in [4.69, 9.17) is 4.74 Å². The number of guanidine groups is 1. The molecule has 0 radical (unpaired) electrons. The number of nitrogens with one attached hydrogen (secondary N) is 2. The summed E-state index contributed by atoms with van der Waals surface area (Å²) >= 11 is 1.86. The number of ether oxygens (including phenoxy) is 1. The number of hydrogen-bond donors (Lipinski definition) is 2. The Morgan fingerprint density at radius 2 is 1.92 bits per heavy atom. The molecule has 152 valence electrons. The van der Waals surface area contributed by atoms with Crippen LogP contribution in [-0.2, 0) is 18.3 Å². The molecule has 1 rings (SSSR count). The molecule has 0 spiro atoms. The molecule has 0 amide bonds. The van der Waals surface area contributed by atoms with Crippen molar-refractivity contribution in [3.8, 4) is 0 Å². The van der Waals surface area contributed by atoms with E-state index in [1.807, 2.05) is 30.3 Å². The lowest BCUT2D eigenvalue weighted by Gasteiger charge is -2.13. The van der Waals surface area contributed by atoms with Crippen LogP contribution in [0.25, 0.3) is 0 Å². The summed E-state index contributed by atoms with van der Waals surface area (Å²) in [6, 6.07) is 0. The van der Waals surface area contributed by atoms with Crippen molar-refractivity contribution in [1.82, 2.24) is 25.4 Å². The molecule has 26 heavy (non-hydrogen) atoms. The fraction of sp³-hybridized carbons (Fsp3) is 0.824. The van der Waals surface area contributed by atoms with E-state index in [1.165, 1.54) is 0 Å². The summed E-state index contributed by atoms with van der Waals surface area (Å²) in [5, 5.41) is 15.0. The first-order chi connectivity index (χ1) is 12.0. The van der Waals surface area contributed by atoms with Gasteiger partial charge in [0.1, 0.15) is 12.4 Å². The van der Waals surface area contributed by atoms with Crippen molar-refractivity contribution < 1.29 is 4.74 Å². The average Bonchev–Trinajstić information content (AvgIpc) is 2.90. The van der Waals surface area contributed by atoms with Gasteiger partial charge in [-0.3, -0.25) is 0 Å². The molecule has 9 heteroatoms. The molecule has 0 aliphatic carbocycles. The van der Waals surface area contributed by atoms with Crippen LogP contribution in [0, 0.1) is 12.8 Å². The van der Waals surface area contributed by atoms with Crippen molar-refractivity contribution in [3.63, 3.8) is 0 Å². The number of nitrogens with zero attached hydrogens (tertiary/aromatic N) is 4. The Labute approximate surface area is 179 Å². The van der Waals surface area contributed by atoms with Crippen molar-refractivity contribution >= 4 is 41.7 Å². The summed E-state index contributed by atoms with van der Waals surface area (Å²) < 4.78 is 7.58. The number of aliphatic imine (C=N–C) groups is 1. The van der Waals surface area contributed by atoms with E-state index in [-0.39, 0.29) is 24.0 Å². The number of aromatic nitrogens is 3. The van der Waals surface area contributed by atoms with Gasteiger partial charge in [0.25, 0.3) is 0 Å². The summed E-state index contributed by atoms with van der Waals surface area (Å²) in [4.78, 5) is 4.64. The van der Waals surface area contributed by atoms with Gasteiger partial charge in [-0.25, -0.2) is 4.99 Å². The quantitative estimate of drug-likeness (QED) is 0.200. The lowest BCUT2D eigenvalue weighted by atomic mass is 10.2. The molecular weight excluding hydrogens is 463 g/mol. The molecule has 1 aromatic rings. The van der Waals surface area contributed by atoms with Gasteiger partial charge in [0, 0.05) is 33.4 Å². The van der Waals surface area contributed by atoms with Crippen LogP contribution in [0.4, 0.5) is 0 Å². The molecule has 0 bridgehead atoms. The fourth-order valence-electron chi connectivity index (χ4n) is 2.04. The zero-order valence-corrected chi connectivity index (χ0v) is 19.9. The van der Waals surface area contributed by atoms with E-state index in [1.54, 1.807) is 0 Å². The van der Waals surface area contributed by atoms with Crippen LogP contribution in [-0.4, -0.2) is 59.0 Å². The number of rotatable bonds is 12. The number of thioether (sulfide) groups is 1. The predicted molar refractivity (Wildman–Crippen MR) is 122 cm³/mol. The zero-order valence-electron chi connectivity index (χ0n) is 16.7. The highest BCUT2D eigenvalue weighted by Crippen LogP contribution is 1.99. The predicted octanol–water partition coefficient (Wildman–Crippen LogP) is 2.59. The van der Waals surface area contributed by atoms with Crippen LogP contribution in [0.2, 0.25) is 0 Å². The average molecular weight is 498 g/mol. The summed E-state index contributed by atoms with van der Waals surface area (Å²) in [6.45, 7) is 10.1. The molecule has 2 N–H and O–H groups in total. The third-order valence-electron chi connectivity index (χ3n) is 3.59. The van der Waals surface area contributed by atoms with E-state index in [0.29, 0.717) is 12.5 Å². The Bertz CT molecular complexity index is 509. The summed E-state index contributed by atoms with van der Waals surface area (Å²) in [7, 11) is 1.96. The molecule has 0 saturated carbocycles. The van der Waals surface area contributed by atoms with Gasteiger partial charge in [0.2, 0.25) is 0 Å². The Morgan fingerprint density at radius 1 is 1.23 bits per heavy atom. The number of hydrogen-bond acceptors (Lipinski definition) is 5. The summed E-state index contributed by atoms with van der Waals surface area (Å²) in [5.74, 6) is 4.31. The second kappa shape index (κ2) is 15.5. The van der Waals surface area contributed by atoms with Gasteiger partial charge in [-0.15, -0.1) is 34.2 Å². The lowest BCUT2D eigenvalue weighted by Crippen LogP contribution is -2.39. The minimum absolute atomic E-state index is 0. The lowest BCUT2D eigenvalue weighted by molar-refractivity contribution is 0.108. The highest BCUT2D eigenvalue weighted by atomic mass is 127. The van der Waals surface area contributed by atoms with Crippen LogP contribution in [0.3, 0.4) is 0 Å². The second-order valence-electron chi connectivity index (χ2n) is 6.41. The fourth-order valence-corrected chi connectivity index (χ4v) is 2.47. The van der Waals surface area contributed by atoms with Crippen LogP contribution in [0.5, 0.6) is 0 Å². The van der Waals surface area contributed by atoms with E-state index in [0.717, 1.165) is 62.5 Å². The van der Waals surface area contributed by atoms with Crippen molar-refractivity contribution in [2.45, 2.75) is 40.2 Å². The molecule has 7 nitrogen and oxygen atoms in total. The van der Waals surface area contributed by atoms with Gasteiger partial charge in [-0.2, -0.15) is 11.8 Å². The SMILES string of the molecule is CSCCCNC(=NCc1nnc(C)n1C)NCCCOCC(C)C.I. The van der Waals surface area contributed by atoms with Crippen molar-refractivity contribution in [3.05, 3.63) is 11.6 Å². The van der Waals surface area contributed by atoms with Gasteiger partial charge in [0.15, 0.2) is 11.8 Å². The normalized spacial score (nSPS) is 11.5. The van der Waals surface area contributed by atoms with Gasteiger partial charge in [0.05, 0.1) is 0 Å². The first-order valence-corrected chi connectivity index (χ1v) is 10.4. The monoisotopic (exact) mass is 498 g/mol. The molecule has 0 atom stereocenters. The largest absolute Gasteiger partial charge is 0.381 e. The minimum Gasteiger partial charge on any atom is -0.381 e. The summed E-state index contributed by atoms with van der Waals surface area (Å²) in [6.07, 6.45) is 4.20. The molecule has 0 aliphatic heterocycles. The van der Waals surface area contributed by atoms with E-state index < -0.39 is 0 Å². The number of aryl methyl sites for hydroxylation is 1. The molecule has 0 unspecified atom stereocenters. The highest BCUT2D eigenvalue weighted by molar-refractivity contribution is 14.0. The first kappa shape index (κ1) is 25.4. The maximum absolute atomic E-state index is 5.61. The third-order valence-corrected chi connectivity index (χ3v) is 4.29. The standard InChI is InChI=1S/C17H34N6OS.HI/c1-14(2)13-24-10-6-8-18-17(19-9-7-11-25-5)20-12-16-22-21-15(3)23(16)4;/h14H,6-13H2,1-5H3,(H2,18,19,20);1H.